The van der Waals surface area contributed by atoms with Crippen LogP contribution in [0.2, 0.25) is 0 Å². The van der Waals surface area contributed by atoms with E-state index in [-0.39, 0.29) is 47.5 Å². The van der Waals surface area contributed by atoms with Crippen LogP contribution in [0.5, 0.6) is 23.0 Å². The van der Waals surface area contributed by atoms with Crippen molar-refractivity contribution < 1.29 is 99.8 Å². The molecule has 334 valence electrons. The molecule has 0 fully saturated rings. The number of methoxy groups -OCH3 is 2. The summed E-state index contributed by atoms with van der Waals surface area (Å²) in [4.78, 5) is 61.4. The first-order chi connectivity index (χ1) is 28.1. The van der Waals surface area contributed by atoms with Crippen LogP contribution >= 0.6 is 0 Å². The van der Waals surface area contributed by atoms with Gasteiger partial charge in [-0.05, 0) is 6.92 Å². The van der Waals surface area contributed by atoms with Gasteiger partial charge in [0.2, 0.25) is 0 Å². The molecule has 2 aliphatic heterocycles. The molecule has 2 heterocycles. The topological polar surface area (TPSA) is 288 Å². The van der Waals surface area contributed by atoms with Crippen LogP contribution in [-0.4, -0.2) is 110 Å². The minimum atomic E-state index is -6.28. The molecular weight excluding hydrogens is 894 g/mol. The van der Waals surface area contributed by atoms with E-state index in [0.29, 0.717) is 18.5 Å². The number of alkyl halides is 6. The molecule has 2 aromatic rings. The van der Waals surface area contributed by atoms with Gasteiger partial charge in [-0.2, -0.15) is 43.2 Å². The van der Waals surface area contributed by atoms with Crippen LogP contribution in [0.15, 0.2) is 48.2 Å². The Hall–Kier alpha value is -6.59. The lowest BCUT2D eigenvalue weighted by molar-refractivity contribution is -0.385. The number of hydrogen-bond donors (Lipinski definition) is 1. The smallest absolute Gasteiger partial charge is 0.493 e. The van der Waals surface area contributed by atoms with Crippen molar-refractivity contribution in [1.29, 1.82) is 0 Å². The van der Waals surface area contributed by atoms with Gasteiger partial charge < -0.3 is 37.3 Å². The van der Waals surface area contributed by atoms with Crippen LogP contribution in [0.1, 0.15) is 46.9 Å². The molecule has 30 heteroatoms. The fourth-order valence-corrected chi connectivity index (χ4v) is 6.43. The number of carbonyl (C=O) groups excluding carboxylic acids is 2. The number of nitrogens with zero attached hydrogens (tertiary/aromatic N) is 4. The zero-order chi connectivity index (χ0) is 46.0. The molecule has 0 saturated carbocycles. The lowest BCUT2D eigenvalue weighted by atomic mass is 10.1. The van der Waals surface area contributed by atoms with E-state index in [1.807, 2.05) is 0 Å². The highest BCUT2D eigenvalue weighted by molar-refractivity contribution is 7.88. The molecule has 2 amide bonds. The first kappa shape index (κ1) is 47.1. The molecule has 1 N–H and O–H groups in total. The third kappa shape index (κ3) is 10.2. The number of benzene rings is 2. The standard InChI is InChI=1S/C31H28F6N4O18S2/c1-15-7-16(58-60(50,51)30(32,33)34)13-38(15)27(42)18-9-23(54-2)25(11-20(18)40(46)47)56-5-4-6-57-26-12-21(41(48)49)19(10-24(26)55-3)28(43)39-14-17(8-22(39)29(44)45)59-61(52,53)31(35,36)37/h9-15,22H,4-8H2,1-3H3,(H,44,45)/t15-,22?/m1/s1. The monoisotopic (exact) mass is 922 g/mol. The lowest BCUT2D eigenvalue weighted by Gasteiger charge is -2.20. The molecule has 61 heavy (non-hydrogen) atoms. The fraction of sp³-hybridized carbons (Fsp3) is 0.387. The number of nitro groups is 2. The summed E-state index contributed by atoms with van der Waals surface area (Å²) in [5, 5.41) is 33.5. The maximum atomic E-state index is 13.4. The van der Waals surface area contributed by atoms with Crippen LogP contribution in [0, 0.1) is 20.2 Å². The molecule has 0 aliphatic carbocycles. The van der Waals surface area contributed by atoms with Gasteiger partial charge in [0.25, 0.3) is 23.2 Å². The quantitative estimate of drug-likeness (QED) is 0.0577. The van der Waals surface area contributed by atoms with Crippen LogP contribution < -0.4 is 18.9 Å². The van der Waals surface area contributed by atoms with Gasteiger partial charge >= 0.3 is 37.2 Å². The Morgan fingerprint density at radius 3 is 1.49 bits per heavy atom. The van der Waals surface area contributed by atoms with Crippen molar-refractivity contribution in [2.45, 2.75) is 49.3 Å². The van der Waals surface area contributed by atoms with Crippen molar-refractivity contribution in [3.05, 3.63) is 79.5 Å². The van der Waals surface area contributed by atoms with Crippen LogP contribution in [-0.2, 0) is 33.4 Å². The van der Waals surface area contributed by atoms with Crippen molar-refractivity contribution in [2.24, 2.45) is 0 Å². The molecule has 22 nitrogen and oxygen atoms in total. The Bertz CT molecular complexity index is 2420. The van der Waals surface area contributed by atoms with Crippen LogP contribution in [0.3, 0.4) is 0 Å². The molecule has 0 saturated heterocycles. The summed E-state index contributed by atoms with van der Waals surface area (Å²) in [5.41, 5.74) is -15.1. The summed E-state index contributed by atoms with van der Waals surface area (Å²) in [6.07, 6.45) is -0.678. The maximum absolute atomic E-state index is 13.4. The highest BCUT2D eigenvalue weighted by atomic mass is 32.2. The van der Waals surface area contributed by atoms with E-state index >= 15 is 0 Å². The Balaban J connectivity index is 1.50. The zero-order valence-corrected chi connectivity index (χ0v) is 32.5. The van der Waals surface area contributed by atoms with E-state index in [1.165, 1.54) is 6.92 Å². The van der Waals surface area contributed by atoms with Gasteiger partial charge in [-0.1, -0.05) is 0 Å². The van der Waals surface area contributed by atoms with Crippen LogP contribution in [0.25, 0.3) is 0 Å². The summed E-state index contributed by atoms with van der Waals surface area (Å²) in [5.74, 6) is -7.64. The average molecular weight is 923 g/mol. The summed E-state index contributed by atoms with van der Waals surface area (Å²) >= 11 is 0. The lowest BCUT2D eigenvalue weighted by Crippen LogP contribution is -2.38. The van der Waals surface area contributed by atoms with Gasteiger partial charge in [0, 0.05) is 49.8 Å². The van der Waals surface area contributed by atoms with Gasteiger partial charge in [0.05, 0.1) is 49.4 Å². The minimum absolute atomic E-state index is 0.0998. The Labute approximate surface area is 337 Å². The number of amides is 2. The number of rotatable bonds is 17. The summed E-state index contributed by atoms with van der Waals surface area (Å²) < 4.78 is 152. The number of nitro benzene ring substituents is 2. The highest BCUT2D eigenvalue weighted by Crippen LogP contribution is 2.40. The summed E-state index contributed by atoms with van der Waals surface area (Å²) in [6, 6.07) is 0.0491. The van der Waals surface area contributed by atoms with E-state index in [4.69, 9.17) is 18.9 Å². The van der Waals surface area contributed by atoms with Gasteiger partial charge in [-0.15, -0.1) is 0 Å². The summed E-state index contributed by atoms with van der Waals surface area (Å²) in [7, 11) is -10.2. The normalized spacial score (nSPS) is 16.9. The van der Waals surface area contributed by atoms with Gasteiger partial charge in [0.15, 0.2) is 23.0 Å². The van der Waals surface area contributed by atoms with E-state index in [1.54, 1.807) is 0 Å². The first-order valence-corrected chi connectivity index (χ1v) is 19.2. The fourth-order valence-electron chi connectivity index (χ4n) is 5.45. The third-order valence-electron chi connectivity index (χ3n) is 8.24. The molecule has 1 unspecified atom stereocenters. The number of halogens is 6. The number of carbonyl (C=O) groups is 3. The Morgan fingerprint density at radius 2 is 1.11 bits per heavy atom. The predicted molar refractivity (Wildman–Crippen MR) is 186 cm³/mol. The van der Waals surface area contributed by atoms with E-state index in [9.17, 15) is 82.9 Å². The molecule has 4 rings (SSSR count). The maximum Gasteiger partial charge on any atom is 0.534 e. The second-order valence-corrected chi connectivity index (χ2v) is 15.4. The van der Waals surface area contributed by atoms with E-state index in [2.05, 4.69) is 8.37 Å². The molecule has 0 radical (unpaired) electrons. The molecule has 0 spiro atoms. The second-order valence-electron chi connectivity index (χ2n) is 12.3. The molecule has 2 aromatic carbocycles. The van der Waals surface area contributed by atoms with Crippen LogP contribution in [0.4, 0.5) is 37.7 Å². The molecule has 0 bridgehead atoms. The first-order valence-electron chi connectivity index (χ1n) is 16.4. The van der Waals surface area contributed by atoms with E-state index in [0.717, 1.165) is 37.3 Å². The van der Waals surface area contributed by atoms with Crippen molar-refractivity contribution in [1.82, 2.24) is 9.80 Å². The summed E-state index contributed by atoms with van der Waals surface area (Å²) in [6.45, 7) is 0.628. The largest absolute Gasteiger partial charge is 0.534 e. The molecular formula is C31H28F6N4O18S2. The number of carboxylic acids is 1. The van der Waals surface area contributed by atoms with Gasteiger partial charge in [-0.25, -0.2) is 4.79 Å². The SMILES string of the molecule is COc1cc(C(=O)N2C=C(OS(=O)(=O)C(F)(F)F)CC2C(=O)O)c([N+](=O)[O-])cc1OCCCOc1cc([N+](=O)[O-])c(C(=O)N2C=C(OS(=O)(=O)C(F)(F)F)C[C@H]2C)cc1OC. The predicted octanol–water partition coefficient (Wildman–Crippen LogP) is 4.32. The number of aliphatic carboxylic acids is 1. The highest BCUT2D eigenvalue weighted by Gasteiger charge is 2.51. The molecule has 0 aromatic heterocycles. The third-order valence-corrected chi connectivity index (χ3v) is 10.2. The van der Waals surface area contributed by atoms with Crippen molar-refractivity contribution in [2.75, 3.05) is 27.4 Å². The Morgan fingerprint density at radius 1 is 0.721 bits per heavy atom. The van der Waals surface area contributed by atoms with Crippen molar-refractivity contribution in [3.8, 4) is 23.0 Å². The number of hydrogen-bond acceptors (Lipinski definition) is 17. The average Bonchev–Trinajstić information content (AvgIpc) is 3.74. The second kappa shape index (κ2) is 17.6. The minimum Gasteiger partial charge on any atom is -0.493 e. The van der Waals surface area contributed by atoms with Gasteiger partial charge in [0.1, 0.15) is 28.7 Å². The van der Waals surface area contributed by atoms with Gasteiger partial charge in [-0.3, -0.25) is 34.7 Å². The zero-order valence-electron chi connectivity index (χ0n) is 30.9. The van der Waals surface area contributed by atoms with E-state index < -0.39 is 118 Å². The molecule has 2 aliphatic rings. The number of ether oxygens (including phenoxy) is 4. The molecule has 2 atom stereocenters. The Kier molecular flexibility index (Phi) is 13.6. The van der Waals surface area contributed by atoms with Crippen molar-refractivity contribution >= 4 is 49.4 Å². The van der Waals surface area contributed by atoms with Crippen molar-refractivity contribution in [3.63, 3.8) is 0 Å². The number of carboxylic acid groups (broad SMARTS) is 1.